The molecule has 0 heterocycles. The Morgan fingerprint density at radius 3 is 2.14 bits per heavy atom. The van der Waals surface area contributed by atoms with Crippen molar-refractivity contribution < 1.29 is 23.9 Å². The lowest BCUT2D eigenvalue weighted by molar-refractivity contribution is -0.141. The average molecular weight is 593 g/mol. The second kappa shape index (κ2) is 17.3. The number of aryl methyl sites for hydroxylation is 1. The van der Waals surface area contributed by atoms with Gasteiger partial charge in [0.05, 0.1) is 13.7 Å². The zero-order valence-corrected chi connectivity index (χ0v) is 25.2. The number of ether oxygens (including phenoxy) is 2. The molecule has 7 nitrogen and oxygen atoms in total. The zero-order chi connectivity index (χ0) is 31.0. The number of benzene rings is 4. The maximum Gasteiger partial charge on any atom is 0.328 e. The molecule has 0 radical (unpaired) electrons. The van der Waals surface area contributed by atoms with Gasteiger partial charge in [0, 0.05) is 29.7 Å². The van der Waals surface area contributed by atoms with Crippen LogP contribution in [0.15, 0.2) is 109 Å². The number of anilines is 1. The minimum absolute atomic E-state index is 0.0389. The van der Waals surface area contributed by atoms with Crippen LogP contribution in [0.2, 0.25) is 0 Å². The van der Waals surface area contributed by atoms with E-state index in [4.69, 9.17) is 9.47 Å². The number of carbonyl (C=O) groups is 3. The Hall–Kier alpha value is -4.91. The highest BCUT2D eigenvalue weighted by Crippen LogP contribution is 2.22. The van der Waals surface area contributed by atoms with Crippen LogP contribution in [0, 0.1) is 0 Å². The van der Waals surface area contributed by atoms with Gasteiger partial charge in [0.2, 0.25) is 5.91 Å². The van der Waals surface area contributed by atoms with Crippen molar-refractivity contribution in [3.8, 4) is 5.75 Å². The van der Waals surface area contributed by atoms with Crippen molar-refractivity contribution in [1.29, 1.82) is 0 Å². The van der Waals surface area contributed by atoms with E-state index in [2.05, 4.69) is 34.9 Å². The molecule has 0 saturated heterocycles. The fourth-order valence-electron chi connectivity index (χ4n) is 4.92. The Morgan fingerprint density at radius 1 is 0.727 bits per heavy atom. The van der Waals surface area contributed by atoms with Gasteiger partial charge >= 0.3 is 5.97 Å². The fraction of sp³-hybridized carbons (Fsp3) is 0.270. The Balaban J connectivity index is 1.21. The van der Waals surface area contributed by atoms with E-state index in [9.17, 15) is 14.4 Å². The molecule has 0 aliphatic rings. The number of hydrogen-bond donors (Lipinski definition) is 2. The van der Waals surface area contributed by atoms with Crippen LogP contribution < -0.4 is 15.4 Å². The highest BCUT2D eigenvalue weighted by molar-refractivity contribution is 6.12. The third-order valence-electron chi connectivity index (χ3n) is 7.29. The van der Waals surface area contributed by atoms with Crippen LogP contribution in [0.4, 0.5) is 5.69 Å². The van der Waals surface area contributed by atoms with Crippen molar-refractivity contribution >= 4 is 23.3 Å². The molecule has 0 aromatic heterocycles. The fourth-order valence-corrected chi connectivity index (χ4v) is 4.92. The van der Waals surface area contributed by atoms with Crippen molar-refractivity contribution in [2.75, 3.05) is 25.6 Å². The summed E-state index contributed by atoms with van der Waals surface area (Å²) in [6, 6.07) is 33.3. The van der Waals surface area contributed by atoms with Crippen molar-refractivity contribution in [2.24, 2.45) is 0 Å². The number of hydrogen-bond acceptors (Lipinski definition) is 6. The van der Waals surface area contributed by atoms with E-state index in [1.807, 2.05) is 54.6 Å². The predicted molar refractivity (Wildman–Crippen MR) is 173 cm³/mol. The summed E-state index contributed by atoms with van der Waals surface area (Å²) in [4.78, 5) is 38.0. The van der Waals surface area contributed by atoms with E-state index in [1.165, 1.54) is 12.7 Å². The molecular weight excluding hydrogens is 552 g/mol. The van der Waals surface area contributed by atoms with E-state index in [0.717, 1.165) is 31.2 Å². The van der Waals surface area contributed by atoms with Gasteiger partial charge in [0.15, 0.2) is 5.78 Å². The number of unbranched alkanes of at least 4 members (excludes halogenated alkanes) is 2. The molecule has 44 heavy (non-hydrogen) atoms. The summed E-state index contributed by atoms with van der Waals surface area (Å²) in [7, 11) is 1.35. The highest BCUT2D eigenvalue weighted by Gasteiger charge is 2.22. The monoisotopic (exact) mass is 592 g/mol. The normalized spacial score (nSPS) is 11.3. The number of carbonyl (C=O) groups excluding carboxylic acids is 3. The lowest BCUT2D eigenvalue weighted by Gasteiger charge is -2.20. The third kappa shape index (κ3) is 10.1. The molecule has 4 rings (SSSR count). The van der Waals surface area contributed by atoms with Crippen molar-refractivity contribution in [1.82, 2.24) is 5.32 Å². The molecule has 4 aromatic carbocycles. The summed E-state index contributed by atoms with van der Waals surface area (Å²) in [5, 5.41) is 6.14. The molecule has 0 fully saturated rings. The summed E-state index contributed by atoms with van der Waals surface area (Å²) in [6.45, 7) is 0.789. The third-order valence-corrected chi connectivity index (χ3v) is 7.29. The van der Waals surface area contributed by atoms with E-state index < -0.39 is 12.0 Å². The van der Waals surface area contributed by atoms with E-state index in [0.29, 0.717) is 48.6 Å². The molecule has 2 N–H and O–H groups in total. The summed E-state index contributed by atoms with van der Waals surface area (Å²) >= 11 is 0. The van der Waals surface area contributed by atoms with Crippen LogP contribution in [0.3, 0.4) is 0 Å². The highest BCUT2D eigenvalue weighted by atomic mass is 16.5. The standard InChI is InChI=1S/C37H40N2O5/c1-43-37(42)34(39-33-19-12-11-18-32(33)36(41)30-16-8-4-9-17-30)27-29-21-23-31(24-22-29)44-26-25-38-35(40)20-10-3-7-15-28-13-5-2-6-14-28/h2,4-6,8-9,11-14,16-19,21-24,34,39H,3,7,10,15,20,25-27H2,1H3,(H,38,40). The van der Waals surface area contributed by atoms with Crippen LogP contribution in [-0.2, 0) is 27.2 Å². The van der Waals surface area contributed by atoms with Crippen molar-refractivity contribution in [2.45, 2.75) is 44.6 Å². The van der Waals surface area contributed by atoms with Crippen LogP contribution in [-0.4, -0.2) is 44.0 Å². The van der Waals surface area contributed by atoms with Crippen LogP contribution in [0.1, 0.15) is 52.7 Å². The minimum atomic E-state index is -0.704. The van der Waals surface area contributed by atoms with E-state index in [1.54, 1.807) is 30.3 Å². The molecule has 228 valence electrons. The number of nitrogens with one attached hydrogen (secondary N) is 2. The first kappa shape index (κ1) is 32.0. The largest absolute Gasteiger partial charge is 0.492 e. The van der Waals surface area contributed by atoms with Gasteiger partial charge in [-0.05, 0) is 54.7 Å². The zero-order valence-electron chi connectivity index (χ0n) is 25.2. The molecular formula is C37H40N2O5. The Labute approximate surface area is 259 Å². The number of amides is 1. The topological polar surface area (TPSA) is 93.7 Å². The summed E-state index contributed by atoms with van der Waals surface area (Å²) in [6.07, 6.45) is 4.88. The van der Waals surface area contributed by atoms with Gasteiger partial charge in [0.1, 0.15) is 18.4 Å². The first-order chi connectivity index (χ1) is 21.5. The van der Waals surface area contributed by atoms with E-state index in [-0.39, 0.29) is 11.7 Å². The number of ketones is 1. The summed E-state index contributed by atoms with van der Waals surface area (Å²) in [5.41, 5.74) is 3.84. The van der Waals surface area contributed by atoms with Crippen LogP contribution in [0.25, 0.3) is 0 Å². The van der Waals surface area contributed by atoms with E-state index >= 15 is 0 Å². The number of esters is 1. The predicted octanol–water partition coefficient (Wildman–Crippen LogP) is 6.41. The molecule has 1 amide bonds. The number of rotatable bonds is 17. The van der Waals surface area contributed by atoms with Gasteiger partial charge in [-0.1, -0.05) is 91.3 Å². The van der Waals surface area contributed by atoms with Gasteiger partial charge in [-0.2, -0.15) is 0 Å². The quantitative estimate of drug-likeness (QED) is 0.0836. The first-order valence-corrected chi connectivity index (χ1v) is 15.1. The lowest BCUT2D eigenvalue weighted by atomic mass is 10.00. The van der Waals surface area contributed by atoms with Gasteiger partial charge in [-0.3, -0.25) is 9.59 Å². The lowest BCUT2D eigenvalue weighted by Crippen LogP contribution is -2.33. The number of para-hydroxylation sites is 1. The maximum atomic E-state index is 13.2. The van der Waals surface area contributed by atoms with Gasteiger partial charge in [0.25, 0.3) is 0 Å². The Morgan fingerprint density at radius 2 is 1.41 bits per heavy atom. The van der Waals surface area contributed by atoms with Crippen molar-refractivity contribution in [3.05, 3.63) is 131 Å². The van der Waals surface area contributed by atoms with Gasteiger partial charge < -0.3 is 20.1 Å². The molecule has 1 unspecified atom stereocenters. The maximum absolute atomic E-state index is 13.2. The Bertz CT molecular complexity index is 1470. The average Bonchev–Trinajstić information content (AvgIpc) is 3.07. The molecule has 7 heteroatoms. The van der Waals surface area contributed by atoms with Crippen molar-refractivity contribution in [3.63, 3.8) is 0 Å². The molecule has 0 saturated carbocycles. The SMILES string of the molecule is COC(=O)C(Cc1ccc(OCCNC(=O)CCCCCc2ccccc2)cc1)Nc1ccccc1C(=O)c1ccccc1. The smallest absolute Gasteiger partial charge is 0.328 e. The van der Waals surface area contributed by atoms with Crippen LogP contribution in [0.5, 0.6) is 5.75 Å². The first-order valence-electron chi connectivity index (χ1n) is 15.1. The van der Waals surface area contributed by atoms with Crippen LogP contribution >= 0.6 is 0 Å². The molecule has 1 atom stereocenters. The minimum Gasteiger partial charge on any atom is -0.492 e. The van der Waals surface area contributed by atoms with Gasteiger partial charge in [-0.25, -0.2) is 4.79 Å². The Kier molecular flexibility index (Phi) is 12.6. The molecule has 0 spiro atoms. The molecule has 4 aromatic rings. The second-order valence-electron chi connectivity index (χ2n) is 10.6. The molecule has 0 aliphatic carbocycles. The molecule has 0 bridgehead atoms. The number of methoxy groups -OCH3 is 1. The summed E-state index contributed by atoms with van der Waals surface area (Å²) < 4.78 is 10.9. The summed E-state index contributed by atoms with van der Waals surface area (Å²) in [5.74, 6) is 0.149. The van der Waals surface area contributed by atoms with Gasteiger partial charge in [-0.15, -0.1) is 0 Å². The molecule has 0 aliphatic heterocycles. The second-order valence-corrected chi connectivity index (χ2v) is 10.6.